The number of aliphatic hydroxyl groups excluding tert-OH is 1. The molecular formula is C12H19N3O2. The van der Waals surface area contributed by atoms with Crippen molar-refractivity contribution in [3.05, 3.63) is 18.5 Å². The number of amides is 1. The molecule has 0 saturated carbocycles. The van der Waals surface area contributed by atoms with E-state index in [2.05, 4.69) is 5.10 Å². The standard InChI is InChI=1S/C12H19N3O2/c16-10-11-3-1-6-14(9-11)12(17)4-8-15-7-2-5-13-15/h2,5,7,11,16H,1,3-4,6,8-10H2. The maximum atomic E-state index is 12.0. The molecule has 0 spiro atoms. The Kier molecular flexibility index (Phi) is 4.14. The highest BCUT2D eigenvalue weighted by atomic mass is 16.3. The second kappa shape index (κ2) is 5.82. The van der Waals surface area contributed by atoms with Crippen molar-refractivity contribution in [3.63, 3.8) is 0 Å². The molecule has 0 aromatic carbocycles. The van der Waals surface area contributed by atoms with Crippen molar-refractivity contribution in [2.75, 3.05) is 19.7 Å². The minimum Gasteiger partial charge on any atom is -0.396 e. The molecule has 1 fully saturated rings. The van der Waals surface area contributed by atoms with Gasteiger partial charge >= 0.3 is 0 Å². The van der Waals surface area contributed by atoms with E-state index in [0.29, 0.717) is 19.5 Å². The molecule has 2 rings (SSSR count). The SMILES string of the molecule is O=C(CCn1cccn1)N1CCCC(CO)C1. The number of piperidine rings is 1. The van der Waals surface area contributed by atoms with Gasteiger partial charge in [0.2, 0.25) is 5.91 Å². The van der Waals surface area contributed by atoms with Crippen LogP contribution in [0.5, 0.6) is 0 Å². The van der Waals surface area contributed by atoms with Crippen LogP contribution in [-0.2, 0) is 11.3 Å². The van der Waals surface area contributed by atoms with Crippen LogP contribution >= 0.6 is 0 Å². The maximum Gasteiger partial charge on any atom is 0.224 e. The number of rotatable bonds is 4. The number of aryl methyl sites for hydroxylation is 1. The van der Waals surface area contributed by atoms with Crippen molar-refractivity contribution in [1.29, 1.82) is 0 Å². The molecule has 1 aromatic heterocycles. The van der Waals surface area contributed by atoms with Crippen LogP contribution in [0.1, 0.15) is 19.3 Å². The van der Waals surface area contributed by atoms with Gasteiger partial charge in [-0.25, -0.2) is 0 Å². The first kappa shape index (κ1) is 12.1. The van der Waals surface area contributed by atoms with Crippen LogP contribution in [0.2, 0.25) is 0 Å². The van der Waals surface area contributed by atoms with Crippen LogP contribution in [-0.4, -0.2) is 45.4 Å². The van der Waals surface area contributed by atoms with Crippen LogP contribution in [0.3, 0.4) is 0 Å². The smallest absolute Gasteiger partial charge is 0.224 e. The molecule has 1 aliphatic heterocycles. The first-order chi connectivity index (χ1) is 8.29. The fraction of sp³-hybridized carbons (Fsp3) is 0.667. The van der Waals surface area contributed by atoms with Crippen LogP contribution in [0.4, 0.5) is 0 Å². The molecule has 5 nitrogen and oxygen atoms in total. The minimum atomic E-state index is 0.165. The van der Waals surface area contributed by atoms with Crippen molar-refractivity contribution in [2.24, 2.45) is 5.92 Å². The molecule has 1 atom stereocenters. The average molecular weight is 237 g/mol. The Labute approximate surface area is 101 Å². The normalized spacial score (nSPS) is 20.5. The summed E-state index contributed by atoms with van der Waals surface area (Å²) in [5.74, 6) is 0.427. The summed E-state index contributed by atoms with van der Waals surface area (Å²) in [6.45, 7) is 2.35. The lowest BCUT2D eigenvalue weighted by atomic mass is 9.99. The molecule has 1 amide bonds. The molecule has 2 heterocycles. The average Bonchev–Trinajstić information content (AvgIpc) is 2.89. The molecule has 1 aromatic rings. The molecule has 0 bridgehead atoms. The van der Waals surface area contributed by atoms with Gasteiger partial charge in [0.25, 0.3) is 0 Å². The molecule has 0 aliphatic carbocycles. The highest BCUT2D eigenvalue weighted by Crippen LogP contribution is 2.16. The Morgan fingerprint density at radius 3 is 3.12 bits per heavy atom. The monoisotopic (exact) mass is 237 g/mol. The summed E-state index contributed by atoms with van der Waals surface area (Å²) in [7, 11) is 0. The molecule has 5 heteroatoms. The number of aromatic nitrogens is 2. The molecule has 1 aliphatic rings. The summed E-state index contributed by atoms with van der Waals surface area (Å²) in [4.78, 5) is 13.8. The lowest BCUT2D eigenvalue weighted by Crippen LogP contribution is -2.41. The fourth-order valence-electron chi connectivity index (χ4n) is 2.24. The van der Waals surface area contributed by atoms with Gasteiger partial charge in [-0.15, -0.1) is 0 Å². The Morgan fingerprint density at radius 1 is 1.53 bits per heavy atom. The van der Waals surface area contributed by atoms with Crippen LogP contribution in [0, 0.1) is 5.92 Å². The van der Waals surface area contributed by atoms with Gasteiger partial charge in [-0.1, -0.05) is 0 Å². The van der Waals surface area contributed by atoms with E-state index >= 15 is 0 Å². The van der Waals surface area contributed by atoms with Crippen LogP contribution < -0.4 is 0 Å². The number of hydrogen-bond donors (Lipinski definition) is 1. The summed E-state index contributed by atoms with van der Waals surface area (Å²) < 4.78 is 1.77. The van der Waals surface area contributed by atoms with Gasteiger partial charge in [-0.2, -0.15) is 5.10 Å². The zero-order chi connectivity index (χ0) is 12.1. The summed E-state index contributed by atoms with van der Waals surface area (Å²) in [6.07, 6.45) is 6.09. The highest BCUT2D eigenvalue weighted by molar-refractivity contribution is 5.76. The van der Waals surface area contributed by atoms with Crippen molar-refractivity contribution < 1.29 is 9.90 Å². The van der Waals surface area contributed by atoms with Crippen molar-refractivity contribution in [1.82, 2.24) is 14.7 Å². The van der Waals surface area contributed by atoms with Gasteiger partial charge in [0.15, 0.2) is 0 Å². The molecule has 1 unspecified atom stereocenters. The summed E-state index contributed by atoms with van der Waals surface area (Å²) in [5, 5.41) is 13.2. The number of nitrogens with zero attached hydrogens (tertiary/aromatic N) is 3. The third-order valence-electron chi connectivity index (χ3n) is 3.24. The van der Waals surface area contributed by atoms with Crippen molar-refractivity contribution in [2.45, 2.75) is 25.8 Å². The van der Waals surface area contributed by atoms with Crippen molar-refractivity contribution in [3.8, 4) is 0 Å². The number of likely N-dealkylation sites (tertiary alicyclic amines) is 1. The second-order valence-electron chi connectivity index (χ2n) is 4.55. The Bertz CT molecular complexity index is 351. The Morgan fingerprint density at radius 2 is 2.41 bits per heavy atom. The Hall–Kier alpha value is -1.36. The topological polar surface area (TPSA) is 58.4 Å². The zero-order valence-electron chi connectivity index (χ0n) is 9.96. The summed E-state index contributed by atoms with van der Waals surface area (Å²) in [5.41, 5.74) is 0. The van der Waals surface area contributed by atoms with Gasteiger partial charge in [0.1, 0.15) is 0 Å². The summed E-state index contributed by atoms with van der Waals surface area (Å²) >= 11 is 0. The fourth-order valence-corrected chi connectivity index (χ4v) is 2.24. The third-order valence-corrected chi connectivity index (χ3v) is 3.24. The van der Waals surface area contributed by atoms with E-state index in [1.165, 1.54) is 0 Å². The molecule has 17 heavy (non-hydrogen) atoms. The molecule has 1 saturated heterocycles. The van der Waals surface area contributed by atoms with Gasteiger partial charge < -0.3 is 10.0 Å². The quantitative estimate of drug-likeness (QED) is 0.829. The zero-order valence-corrected chi connectivity index (χ0v) is 9.96. The lowest BCUT2D eigenvalue weighted by molar-refractivity contribution is -0.133. The predicted molar refractivity (Wildman–Crippen MR) is 63.2 cm³/mol. The van der Waals surface area contributed by atoms with Gasteiger partial charge in [0, 0.05) is 45.1 Å². The van der Waals surface area contributed by atoms with E-state index in [0.717, 1.165) is 19.4 Å². The Balaban J connectivity index is 1.79. The summed E-state index contributed by atoms with van der Waals surface area (Å²) in [6, 6.07) is 1.85. The van der Waals surface area contributed by atoms with Crippen LogP contribution in [0.15, 0.2) is 18.5 Å². The number of hydrogen-bond acceptors (Lipinski definition) is 3. The molecular weight excluding hydrogens is 218 g/mol. The van der Waals surface area contributed by atoms with Gasteiger partial charge in [-0.05, 0) is 24.8 Å². The first-order valence-corrected chi connectivity index (χ1v) is 6.15. The van der Waals surface area contributed by atoms with E-state index in [1.54, 1.807) is 10.9 Å². The third kappa shape index (κ3) is 3.30. The molecule has 1 N–H and O–H groups in total. The van der Waals surface area contributed by atoms with Gasteiger partial charge in [0.05, 0.1) is 0 Å². The second-order valence-corrected chi connectivity index (χ2v) is 4.55. The maximum absolute atomic E-state index is 12.0. The first-order valence-electron chi connectivity index (χ1n) is 6.15. The molecule has 94 valence electrons. The molecule has 0 radical (unpaired) electrons. The van der Waals surface area contributed by atoms with E-state index in [4.69, 9.17) is 5.11 Å². The van der Waals surface area contributed by atoms with Crippen molar-refractivity contribution >= 4 is 5.91 Å². The van der Waals surface area contributed by atoms with Crippen LogP contribution in [0.25, 0.3) is 0 Å². The number of aliphatic hydroxyl groups is 1. The van der Waals surface area contributed by atoms with Gasteiger partial charge in [-0.3, -0.25) is 9.48 Å². The van der Waals surface area contributed by atoms with E-state index < -0.39 is 0 Å². The number of carbonyl (C=O) groups is 1. The largest absolute Gasteiger partial charge is 0.396 e. The van der Waals surface area contributed by atoms with E-state index in [-0.39, 0.29) is 18.4 Å². The number of carbonyl (C=O) groups excluding carboxylic acids is 1. The highest BCUT2D eigenvalue weighted by Gasteiger charge is 2.22. The van der Waals surface area contributed by atoms with E-state index in [9.17, 15) is 4.79 Å². The van der Waals surface area contributed by atoms with E-state index in [1.807, 2.05) is 17.2 Å². The minimum absolute atomic E-state index is 0.165. The lowest BCUT2D eigenvalue weighted by Gasteiger charge is -2.31. The predicted octanol–water partition coefficient (Wildman–Crippen LogP) is 0.504.